The van der Waals surface area contributed by atoms with Gasteiger partial charge in [-0.3, -0.25) is 9.79 Å². The van der Waals surface area contributed by atoms with E-state index in [0.717, 1.165) is 22.5 Å². The first-order valence-electron chi connectivity index (χ1n) is 7.07. The Morgan fingerprint density at radius 2 is 1.95 bits per heavy atom. The lowest BCUT2D eigenvalue weighted by molar-refractivity contribution is -0.116. The van der Waals surface area contributed by atoms with E-state index in [1.807, 2.05) is 24.3 Å². The summed E-state index contributed by atoms with van der Waals surface area (Å²) >= 11 is 3.36. The molecule has 0 aliphatic carbocycles. The van der Waals surface area contributed by atoms with Crippen molar-refractivity contribution in [1.82, 2.24) is 10.6 Å². The van der Waals surface area contributed by atoms with Crippen molar-refractivity contribution in [3.8, 4) is 0 Å². The molecule has 1 aromatic carbocycles. The van der Waals surface area contributed by atoms with E-state index in [2.05, 4.69) is 50.7 Å². The van der Waals surface area contributed by atoms with Gasteiger partial charge >= 0.3 is 0 Å². The molecule has 0 spiro atoms. The third-order valence-electron chi connectivity index (χ3n) is 2.99. The summed E-state index contributed by atoms with van der Waals surface area (Å²) in [6.45, 7) is 4.74. The molecule has 7 heteroatoms. The van der Waals surface area contributed by atoms with Crippen LogP contribution in [0.15, 0.2) is 33.7 Å². The van der Waals surface area contributed by atoms with Gasteiger partial charge < -0.3 is 16.0 Å². The molecular weight excluding hydrogens is 459 g/mol. The molecule has 0 aliphatic heterocycles. The van der Waals surface area contributed by atoms with Crippen LogP contribution in [0.2, 0.25) is 0 Å². The van der Waals surface area contributed by atoms with Gasteiger partial charge in [-0.1, -0.05) is 22.9 Å². The summed E-state index contributed by atoms with van der Waals surface area (Å²) in [6, 6.07) is 7.86. The predicted octanol–water partition coefficient (Wildman–Crippen LogP) is 3.36. The van der Waals surface area contributed by atoms with Crippen molar-refractivity contribution in [2.75, 3.05) is 18.9 Å². The number of hydrogen-bond donors (Lipinski definition) is 3. The topological polar surface area (TPSA) is 65.5 Å². The van der Waals surface area contributed by atoms with Crippen LogP contribution in [0, 0.1) is 0 Å². The second kappa shape index (κ2) is 11.7. The van der Waals surface area contributed by atoms with E-state index in [1.165, 1.54) is 0 Å². The number of carbonyl (C=O) groups is 1. The number of carbonyl (C=O) groups excluding carboxylic acids is 1. The molecule has 0 aliphatic rings. The summed E-state index contributed by atoms with van der Waals surface area (Å²) in [6.07, 6.45) is 1.40. The number of nitrogens with zero attached hydrogens (tertiary/aromatic N) is 1. The Labute approximate surface area is 157 Å². The zero-order valence-corrected chi connectivity index (χ0v) is 17.1. The molecule has 3 N–H and O–H groups in total. The maximum atomic E-state index is 11.8. The highest BCUT2D eigenvalue weighted by Crippen LogP contribution is 2.14. The molecule has 1 atom stereocenters. The molecule has 0 bridgehead atoms. The number of rotatable bonds is 6. The zero-order chi connectivity index (χ0) is 15.7. The van der Waals surface area contributed by atoms with Crippen LogP contribution in [-0.4, -0.2) is 31.5 Å². The maximum absolute atomic E-state index is 11.8. The van der Waals surface area contributed by atoms with E-state index in [4.69, 9.17) is 0 Å². The monoisotopic (exact) mass is 482 g/mol. The molecule has 0 saturated carbocycles. The first kappa shape index (κ1) is 21.2. The molecule has 0 fully saturated rings. The summed E-state index contributed by atoms with van der Waals surface area (Å²) in [5, 5.41) is 9.23. The number of halogens is 2. The van der Waals surface area contributed by atoms with Crippen LogP contribution < -0.4 is 16.0 Å². The van der Waals surface area contributed by atoms with Gasteiger partial charge in [-0.05, 0) is 37.6 Å². The average Bonchev–Trinajstić information content (AvgIpc) is 2.48. The van der Waals surface area contributed by atoms with Gasteiger partial charge in [0.2, 0.25) is 5.91 Å². The van der Waals surface area contributed by atoms with E-state index in [9.17, 15) is 4.79 Å². The van der Waals surface area contributed by atoms with Gasteiger partial charge in [0.15, 0.2) is 5.96 Å². The molecule has 0 heterocycles. The van der Waals surface area contributed by atoms with Crippen LogP contribution >= 0.6 is 39.9 Å². The highest BCUT2D eigenvalue weighted by molar-refractivity contribution is 14.0. The van der Waals surface area contributed by atoms with Crippen molar-refractivity contribution in [3.63, 3.8) is 0 Å². The Morgan fingerprint density at radius 1 is 1.32 bits per heavy atom. The Hall–Kier alpha value is -0.830. The van der Waals surface area contributed by atoms with Crippen molar-refractivity contribution in [3.05, 3.63) is 28.7 Å². The SMILES string of the molecule is CCC(C)NC(=NC)NCCC(=O)Nc1ccc(Br)cc1.I. The minimum absolute atomic E-state index is 0. The summed E-state index contributed by atoms with van der Waals surface area (Å²) in [5.74, 6) is 0.699. The maximum Gasteiger partial charge on any atom is 0.226 e. The number of guanidine groups is 1. The number of aliphatic imine (C=N–C) groups is 1. The molecule has 124 valence electrons. The largest absolute Gasteiger partial charge is 0.356 e. The summed E-state index contributed by atoms with van der Waals surface area (Å²) in [5.41, 5.74) is 0.797. The molecule has 5 nitrogen and oxygen atoms in total. The van der Waals surface area contributed by atoms with Gasteiger partial charge in [-0.15, -0.1) is 24.0 Å². The van der Waals surface area contributed by atoms with E-state index in [0.29, 0.717) is 19.0 Å². The lowest BCUT2D eigenvalue weighted by Crippen LogP contribution is -2.42. The Morgan fingerprint density at radius 3 is 2.50 bits per heavy atom. The van der Waals surface area contributed by atoms with Gasteiger partial charge in [0, 0.05) is 36.2 Å². The summed E-state index contributed by atoms with van der Waals surface area (Å²) < 4.78 is 0.988. The molecule has 0 saturated heterocycles. The van der Waals surface area contributed by atoms with Crippen molar-refractivity contribution in [2.24, 2.45) is 4.99 Å². The van der Waals surface area contributed by atoms with E-state index < -0.39 is 0 Å². The third kappa shape index (κ3) is 8.57. The molecule has 1 amide bonds. The van der Waals surface area contributed by atoms with Crippen molar-refractivity contribution < 1.29 is 4.79 Å². The summed E-state index contributed by atoms with van der Waals surface area (Å²) in [7, 11) is 1.72. The second-order valence-electron chi connectivity index (χ2n) is 4.76. The van der Waals surface area contributed by atoms with Crippen LogP contribution in [0.3, 0.4) is 0 Å². The molecule has 1 rings (SSSR count). The fraction of sp³-hybridized carbons (Fsp3) is 0.467. The number of hydrogen-bond acceptors (Lipinski definition) is 2. The summed E-state index contributed by atoms with van der Waals surface area (Å²) in [4.78, 5) is 15.9. The average molecular weight is 483 g/mol. The normalized spacial score (nSPS) is 12.1. The molecule has 1 aromatic rings. The molecule has 0 radical (unpaired) electrons. The lowest BCUT2D eigenvalue weighted by Gasteiger charge is -2.16. The van der Waals surface area contributed by atoms with Crippen molar-refractivity contribution in [2.45, 2.75) is 32.7 Å². The van der Waals surface area contributed by atoms with E-state index >= 15 is 0 Å². The Balaban J connectivity index is 0.00000441. The van der Waals surface area contributed by atoms with Crippen LogP contribution in [-0.2, 0) is 4.79 Å². The van der Waals surface area contributed by atoms with Crippen LogP contribution in [0.4, 0.5) is 5.69 Å². The first-order chi connectivity index (χ1) is 10.0. The Kier molecular flexibility index (Phi) is 11.3. The number of benzene rings is 1. The quantitative estimate of drug-likeness (QED) is 0.331. The van der Waals surface area contributed by atoms with Crippen LogP contribution in [0.5, 0.6) is 0 Å². The predicted molar refractivity (Wildman–Crippen MR) is 107 cm³/mol. The first-order valence-corrected chi connectivity index (χ1v) is 7.87. The lowest BCUT2D eigenvalue weighted by atomic mass is 10.3. The number of nitrogens with one attached hydrogen (secondary N) is 3. The highest BCUT2D eigenvalue weighted by atomic mass is 127. The van der Waals surface area contributed by atoms with Crippen LogP contribution in [0.1, 0.15) is 26.7 Å². The van der Waals surface area contributed by atoms with Gasteiger partial charge in [-0.2, -0.15) is 0 Å². The number of anilines is 1. The highest BCUT2D eigenvalue weighted by Gasteiger charge is 2.05. The van der Waals surface area contributed by atoms with Crippen molar-refractivity contribution in [1.29, 1.82) is 0 Å². The fourth-order valence-electron chi connectivity index (χ4n) is 1.58. The second-order valence-corrected chi connectivity index (χ2v) is 5.67. The number of amides is 1. The Bertz CT molecular complexity index is 479. The molecule has 0 aromatic heterocycles. The van der Waals surface area contributed by atoms with Gasteiger partial charge in [0.05, 0.1) is 0 Å². The van der Waals surface area contributed by atoms with E-state index in [-0.39, 0.29) is 29.9 Å². The minimum Gasteiger partial charge on any atom is -0.356 e. The van der Waals surface area contributed by atoms with Gasteiger partial charge in [0.1, 0.15) is 0 Å². The standard InChI is InChI=1S/C15H23BrN4O.HI/c1-4-11(2)19-15(17-3)18-10-9-14(21)20-13-7-5-12(16)6-8-13;/h5-8,11H,4,9-10H2,1-3H3,(H,20,21)(H2,17,18,19);1H. The van der Waals surface area contributed by atoms with E-state index in [1.54, 1.807) is 7.05 Å². The van der Waals surface area contributed by atoms with Crippen LogP contribution in [0.25, 0.3) is 0 Å². The fourth-order valence-corrected chi connectivity index (χ4v) is 1.85. The molecular formula is C15H24BrIN4O. The van der Waals surface area contributed by atoms with Gasteiger partial charge in [0.25, 0.3) is 0 Å². The third-order valence-corrected chi connectivity index (χ3v) is 3.52. The minimum atomic E-state index is -0.0242. The zero-order valence-electron chi connectivity index (χ0n) is 13.1. The van der Waals surface area contributed by atoms with Gasteiger partial charge in [-0.25, -0.2) is 0 Å². The van der Waals surface area contributed by atoms with Crippen molar-refractivity contribution >= 4 is 57.5 Å². The molecule has 1 unspecified atom stereocenters. The smallest absolute Gasteiger partial charge is 0.226 e. The molecule has 22 heavy (non-hydrogen) atoms.